The first-order chi connectivity index (χ1) is 11.6. The van der Waals surface area contributed by atoms with Crippen LogP contribution in [0.5, 0.6) is 0 Å². The maximum absolute atomic E-state index is 12.7. The van der Waals surface area contributed by atoms with E-state index in [1.807, 2.05) is 0 Å². The minimum atomic E-state index is -1.86. The maximum Gasteiger partial charge on any atom is 0.192 e. The minimum absolute atomic E-state index is 0.0600. The maximum atomic E-state index is 12.7. The summed E-state index contributed by atoms with van der Waals surface area (Å²) in [5.41, 5.74) is 0. The van der Waals surface area contributed by atoms with Gasteiger partial charge in [0.15, 0.2) is 8.32 Å². The molecule has 0 N–H and O–H groups in total. The molecule has 0 radical (unpaired) electrons. The molecule has 1 saturated carbocycles. The highest BCUT2D eigenvalue weighted by atomic mass is 35.5. The van der Waals surface area contributed by atoms with E-state index in [-0.39, 0.29) is 17.1 Å². The van der Waals surface area contributed by atoms with Crippen LogP contribution in [-0.4, -0.2) is 26.1 Å². The fourth-order valence-electron chi connectivity index (χ4n) is 3.20. The van der Waals surface area contributed by atoms with E-state index in [0.29, 0.717) is 30.4 Å². The second-order valence-corrected chi connectivity index (χ2v) is 14.0. The fourth-order valence-corrected chi connectivity index (χ4v) is 4.70. The topological polar surface area (TPSA) is 26.3 Å². The second-order valence-electron chi connectivity index (χ2n) is 8.85. The van der Waals surface area contributed by atoms with E-state index in [1.54, 1.807) is 0 Å². The summed E-state index contributed by atoms with van der Waals surface area (Å²) in [7, 11) is -1.86. The molecule has 0 aromatic carbocycles. The van der Waals surface area contributed by atoms with E-state index in [9.17, 15) is 4.79 Å². The van der Waals surface area contributed by atoms with Crippen molar-refractivity contribution in [2.24, 2.45) is 11.8 Å². The molecule has 0 aromatic rings. The summed E-state index contributed by atoms with van der Waals surface area (Å²) >= 11 is 5.69. The summed E-state index contributed by atoms with van der Waals surface area (Å²) in [5, 5.41) is 0.171. The Labute approximate surface area is 161 Å². The SMILES string of the molecule is CCCC[C@H]1[C@H](O[Si](C)(C)C(C)(C)C)CC(=O)[C@@H]1CC#CCCCCl. The molecule has 0 saturated heterocycles. The average molecular weight is 385 g/mol. The van der Waals surface area contributed by atoms with E-state index in [1.165, 1.54) is 0 Å². The lowest BCUT2D eigenvalue weighted by atomic mass is 9.87. The Morgan fingerprint density at radius 2 is 1.92 bits per heavy atom. The van der Waals surface area contributed by atoms with Gasteiger partial charge in [-0.05, 0) is 36.9 Å². The molecule has 0 aliphatic heterocycles. The fraction of sp³-hybridized carbons (Fsp3) is 0.857. The monoisotopic (exact) mass is 384 g/mol. The van der Waals surface area contributed by atoms with Crippen LogP contribution < -0.4 is 0 Å². The van der Waals surface area contributed by atoms with Crippen molar-refractivity contribution in [1.82, 2.24) is 0 Å². The smallest absolute Gasteiger partial charge is 0.192 e. The molecular formula is C21H37ClO2Si. The van der Waals surface area contributed by atoms with Crippen LogP contribution in [0.1, 0.15) is 72.6 Å². The number of rotatable bonds is 8. The highest BCUT2D eigenvalue weighted by molar-refractivity contribution is 6.74. The summed E-state index contributed by atoms with van der Waals surface area (Å²) < 4.78 is 6.67. The Kier molecular flexibility index (Phi) is 9.22. The van der Waals surface area contributed by atoms with Gasteiger partial charge in [0, 0.05) is 31.1 Å². The lowest BCUT2D eigenvalue weighted by Gasteiger charge is -2.40. The zero-order chi connectivity index (χ0) is 19.1. The van der Waals surface area contributed by atoms with E-state index in [0.717, 1.165) is 32.1 Å². The molecule has 25 heavy (non-hydrogen) atoms. The number of unbranched alkanes of at least 4 members (excludes halogenated alkanes) is 2. The Hall–Kier alpha value is -0.303. The Morgan fingerprint density at radius 3 is 2.48 bits per heavy atom. The average Bonchev–Trinajstić information content (AvgIpc) is 2.78. The van der Waals surface area contributed by atoms with E-state index < -0.39 is 8.32 Å². The number of ketones is 1. The first-order valence-corrected chi connectivity index (χ1v) is 13.3. The number of hydrogen-bond donors (Lipinski definition) is 0. The van der Waals surface area contributed by atoms with Crippen molar-refractivity contribution >= 4 is 25.7 Å². The van der Waals surface area contributed by atoms with Gasteiger partial charge in [0.05, 0.1) is 6.10 Å². The van der Waals surface area contributed by atoms with Crippen LogP contribution in [0.25, 0.3) is 0 Å². The van der Waals surface area contributed by atoms with Gasteiger partial charge in [0.1, 0.15) is 5.78 Å². The molecule has 0 aromatic heterocycles. The second kappa shape index (κ2) is 10.1. The first kappa shape index (κ1) is 22.7. The van der Waals surface area contributed by atoms with Crippen molar-refractivity contribution in [3.05, 3.63) is 0 Å². The summed E-state index contributed by atoms with van der Waals surface area (Å²) in [5.74, 6) is 7.82. The summed E-state index contributed by atoms with van der Waals surface area (Å²) in [4.78, 5) is 12.7. The number of halogens is 1. The lowest BCUT2D eigenvalue weighted by molar-refractivity contribution is -0.121. The van der Waals surface area contributed by atoms with Crippen LogP contribution in [0.4, 0.5) is 0 Å². The summed E-state index contributed by atoms with van der Waals surface area (Å²) in [6, 6.07) is 0. The molecule has 0 bridgehead atoms. The molecule has 0 heterocycles. The van der Waals surface area contributed by atoms with Gasteiger partial charge in [-0.3, -0.25) is 4.79 Å². The van der Waals surface area contributed by atoms with Gasteiger partial charge in [-0.2, -0.15) is 0 Å². The largest absolute Gasteiger partial charge is 0.413 e. The zero-order valence-electron chi connectivity index (χ0n) is 17.1. The Morgan fingerprint density at radius 1 is 1.24 bits per heavy atom. The van der Waals surface area contributed by atoms with Crippen molar-refractivity contribution in [2.45, 2.75) is 96.9 Å². The number of carbonyl (C=O) groups excluding carboxylic acids is 1. The first-order valence-electron chi connectivity index (χ1n) is 9.86. The highest BCUT2D eigenvalue weighted by Crippen LogP contribution is 2.43. The number of hydrogen-bond acceptors (Lipinski definition) is 2. The molecular weight excluding hydrogens is 348 g/mol. The molecule has 144 valence electrons. The summed E-state index contributed by atoms with van der Waals surface area (Å²) in [6.45, 7) is 13.6. The number of Topliss-reactive ketones (excluding diaryl/α,β-unsaturated/α-hetero) is 1. The number of carbonyl (C=O) groups is 1. The molecule has 2 nitrogen and oxygen atoms in total. The van der Waals surface area contributed by atoms with Crippen molar-refractivity contribution < 1.29 is 9.22 Å². The molecule has 0 spiro atoms. The zero-order valence-corrected chi connectivity index (χ0v) is 18.8. The van der Waals surface area contributed by atoms with Crippen molar-refractivity contribution in [1.29, 1.82) is 0 Å². The van der Waals surface area contributed by atoms with Crippen LogP contribution >= 0.6 is 11.6 Å². The summed E-state index contributed by atoms with van der Waals surface area (Å²) in [6.07, 6.45) is 6.50. The molecule has 3 atom stereocenters. The van der Waals surface area contributed by atoms with Gasteiger partial charge in [-0.15, -0.1) is 23.4 Å². The molecule has 1 fully saturated rings. The van der Waals surface area contributed by atoms with Crippen LogP contribution in [0.15, 0.2) is 0 Å². The molecule has 4 heteroatoms. The number of alkyl halides is 1. The van der Waals surface area contributed by atoms with Crippen LogP contribution in [0.3, 0.4) is 0 Å². The van der Waals surface area contributed by atoms with Gasteiger partial charge in [-0.1, -0.05) is 40.5 Å². The third kappa shape index (κ3) is 6.74. The van der Waals surface area contributed by atoms with Crippen molar-refractivity contribution in [2.75, 3.05) is 5.88 Å². The van der Waals surface area contributed by atoms with E-state index in [2.05, 4.69) is 52.6 Å². The third-order valence-electron chi connectivity index (χ3n) is 5.84. The van der Waals surface area contributed by atoms with E-state index >= 15 is 0 Å². The van der Waals surface area contributed by atoms with E-state index in [4.69, 9.17) is 16.0 Å². The highest BCUT2D eigenvalue weighted by Gasteiger charge is 2.47. The van der Waals surface area contributed by atoms with Gasteiger partial charge < -0.3 is 4.43 Å². The lowest BCUT2D eigenvalue weighted by Crippen LogP contribution is -2.45. The van der Waals surface area contributed by atoms with Crippen molar-refractivity contribution in [3.8, 4) is 11.8 Å². The molecule has 0 unspecified atom stereocenters. The minimum Gasteiger partial charge on any atom is -0.413 e. The Balaban J connectivity index is 2.84. The van der Waals surface area contributed by atoms with Gasteiger partial charge in [0.2, 0.25) is 0 Å². The van der Waals surface area contributed by atoms with Crippen molar-refractivity contribution in [3.63, 3.8) is 0 Å². The van der Waals surface area contributed by atoms with Gasteiger partial charge in [-0.25, -0.2) is 0 Å². The molecule has 1 aliphatic carbocycles. The predicted octanol–water partition coefficient (Wildman–Crippen LogP) is 6.18. The quantitative estimate of drug-likeness (QED) is 0.216. The predicted molar refractivity (Wildman–Crippen MR) is 111 cm³/mol. The standard InChI is InChI=1S/C21H37ClO2Si/c1-7-8-13-18-17(14-11-9-10-12-15-22)19(23)16-20(18)24-25(5,6)21(2,3)4/h17-18,20H,7-8,10,12-16H2,1-6H3/t17-,18-,20-/m1/s1. The molecule has 1 rings (SSSR count). The van der Waals surface area contributed by atoms with Gasteiger partial charge in [0.25, 0.3) is 0 Å². The van der Waals surface area contributed by atoms with Crippen LogP contribution in [0.2, 0.25) is 18.1 Å². The van der Waals surface area contributed by atoms with Gasteiger partial charge >= 0.3 is 0 Å². The van der Waals surface area contributed by atoms with Crippen LogP contribution in [0, 0.1) is 23.7 Å². The third-order valence-corrected chi connectivity index (χ3v) is 10.6. The molecule has 0 amide bonds. The Bertz CT molecular complexity index is 484. The van der Waals surface area contributed by atoms with Crippen LogP contribution in [-0.2, 0) is 9.22 Å². The normalized spacial score (nSPS) is 24.3. The molecule has 1 aliphatic rings.